The molecule has 1 amide bonds. The maximum atomic E-state index is 12.7. The molecule has 1 fully saturated rings. The molecule has 1 saturated carbocycles. The Morgan fingerprint density at radius 1 is 1.30 bits per heavy atom. The summed E-state index contributed by atoms with van der Waals surface area (Å²) in [5.41, 5.74) is 1.07. The van der Waals surface area contributed by atoms with Crippen LogP contribution in [0.2, 0.25) is 0 Å². The molecule has 3 heteroatoms. The van der Waals surface area contributed by atoms with Crippen molar-refractivity contribution in [3.8, 4) is 0 Å². The van der Waals surface area contributed by atoms with E-state index in [-0.39, 0.29) is 23.8 Å². The first-order valence-corrected chi connectivity index (χ1v) is 8.81. The first-order valence-electron chi connectivity index (χ1n) is 8.81. The van der Waals surface area contributed by atoms with Gasteiger partial charge in [-0.25, -0.2) is 0 Å². The quantitative estimate of drug-likeness (QED) is 0.864. The summed E-state index contributed by atoms with van der Waals surface area (Å²) in [5, 5.41) is 13.2. The highest BCUT2D eigenvalue weighted by Crippen LogP contribution is 2.44. The van der Waals surface area contributed by atoms with E-state index in [0.29, 0.717) is 11.8 Å². The van der Waals surface area contributed by atoms with E-state index in [1.807, 2.05) is 30.3 Å². The molecule has 0 aromatic heterocycles. The molecule has 2 unspecified atom stereocenters. The van der Waals surface area contributed by atoms with E-state index < -0.39 is 6.10 Å². The van der Waals surface area contributed by atoms with Crippen molar-refractivity contribution in [3.63, 3.8) is 0 Å². The first-order chi connectivity index (χ1) is 10.8. The van der Waals surface area contributed by atoms with Crippen molar-refractivity contribution >= 4 is 5.91 Å². The highest BCUT2D eigenvalue weighted by atomic mass is 16.3. The Hall–Kier alpha value is -1.35. The predicted molar refractivity (Wildman–Crippen MR) is 93.9 cm³/mol. The lowest BCUT2D eigenvalue weighted by molar-refractivity contribution is -0.131. The summed E-state index contributed by atoms with van der Waals surface area (Å²) in [6.07, 6.45) is 2.59. The molecule has 23 heavy (non-hydrogen) atoms. The van der Waals surface area contributed by atoms with Crippen LogP contribution in [0.15, 0.2) is 30.3 Å². The van der Waals surface area contributed by atoms with Crippen molar-refractivity contribution in [2.45, 2.75) is 53.1 Å². The largest absolute Gasteiger partial charge is 0.387 e. The molecule has 0 heterocycles. The molecule has 2 N–H and O–H groups in total. The summed E-state index contributed by atoms with van der Waals surface area (Å²) < 4.78 is 0. The highest BCUT2D eigenvalue weighted by molar-refractivity contribution is 5.79. The Balaban J connectivity index is 1.97. The molecule has 2 rings (SSSR count). The number of hydrogen-bond donors (Lipinski definition) is 2. The van der Waals surface area contributed by atoms with E-state index in [0.717, 1.165) is 18.4 Å². The van der Waals surface area contributed by atoms with E-state index >= 15 is 0 Å². The van der Waals surface area contributed by atoms with E-state index in [9.17, 15) is 9.90 Å². The van der Waals surface area contributed by atoms with Crippen LogP contribution < -0.4 is 5.32 Å². The fourth-order valence-electron chi connectivity index (χ4n) is 3.81. The maximum Gasteiger partial charge on any atom is 0.223 e. The first kappa shape index (κ1) is 18.0. The van der Waals surface area contributed by atoms with Gasteiger partial charge in [0, 0.05) is 12.5 Å². The van der Waals surface area contributed by atoms with Gasteiger partial charge in [0.15, 0.2) is 0 Å². The minimum absolute atomic E-state index is 0.0572. The number of carbonyl (C=O) groups excluding carboxylic acids is 1. The molecule has 0 spiro atoms. The van der Waals surface area contributed by atoms with Crippen LogP contribution in [0.3, 0.4) is 0 Å². The average molecular weight is 317 g/mol. The molecular formula is C20H31NO2. The summed E-state index contributed by atoms with van der Waals surface area (Å²) in [5.74, 6) is 1.12. The van der Waals surface area contributed by atoms with Crippen LogP contribution in [0, 0.1) is 23.2 Å². The van der Waals surface area contributed by atoms with E-state index in [4.69, 9.17) is 0 Å². The molecule has 1 aliphatic carbocycles. The fraction of sp³-hybridized carbons (Fsp3) is 0.650. The second kappa shape index (κ2) is 7.48. The summed E-state index contributed by atoms with van der Waals surface area (Å²) in [7, 11) is 0. The van der Waals surface area contributed by atoms with Gasteiger partial charge in [0.25, 0.3) is 0 Å². The van der Waals surface area contributed by atoms with Gasteiger partial charge in [0.1, 0.15) is 0 Å². The number of rotatable bonds is 5. The third-order valence-electron chi connectivity index (χ3n) is 5.29. The summed E-state index contributed by atoms with van der Waals surface area (Å²) in [6.45, 7) is 9.21. The van der Waals surface area contributed by atoms with E-state index in [1.54, 1.807) is 0 Å². The predicted octanol–water partition coefficient (Wildman–Crippen LogP) is 3.93. The van der Waals surface area contributed by atoms with Crippen LogP contribution in [0.25, 0.3) is 0 Å². The van der Waals surface area contributed by atoms with Gasteiger partial charge in [0.2, 0.25) is 5.91 Å². The Bertz CT molecular complexity index is 510. The van der Waals surface area contributed by atoms with Gasteiger partial charge in [-0.3, -0.25) is 4.79 Å². The second-order valence-corrected chi connectivity index (χ2v) is 8.09. The number of aliphatic hydroxyl groups is 1. The fourth-order valence-corrected chi connectivity index (χ4v) is 3.81. The smallest absolute Gasteiger partial charge is 0.223 e. The maximum absolute atomic E-state index is 12.7. The lowest BCUT2D eigenvalue weighted by Gasteiger charge is -2.41. The van der Waals surface area contributed by atoms with Crippen molar-refractivity contribution in [1.82, 2.24) is 5.32 Å². The molecule has 1 aromatic carbocycles. The average Bonchev–Trinajstić information content (AvgIpc) is 2.51. The molecular weight excluding hydrogens is 286 g/mol. The molecule has 0 saturated heterocycles. The summed E-state index contributed by atoms with van der Waals surface area (Å²) in [4.78, 5) is 12.7. The van der Waals surface area contributed by atoms with Gasteiger partial charge in [-0.1, -0.05) is 58.0 Å². The van der Waals surface area contributed by atoms with E-state index in [2.05, 4.69) is 33.0 Å². The normalized spacial score (nSPS) is 25.1. The highest BCUT2D eigenvalue weighted by Gasteiger charge is 2.39. The van der Waals surface area contributed by atoms with Gasteiger partial charge < -0.3 is 10.4 Å². The lowest BCUT2D eigenvalue weighted by atomic mass is 9.64. The van der Waals surface area contributed by atoms with Gasteiger partial charge in [-0.05, 0) is 42.1 Å². The molecule has 3 nitrogen and oxygen atoms in total. The van der Waals surface area contributed by atoms with Crippen molar-refractivity contribution in [2.24, 2.45) is 23.2 Å². The van der Waals surface area contributed by atoms with Gasteiger partial charge in [0.05, 0.1) is 6.10 Å². The topological polar surface area (TPSA) is 49.3 Å². The van der Waals surface area contributed by atoms with Crippen LogP contribution in [-0.4, -0.2) is 17.6 Å². The lowest BCUT2D eigenvalue weighted by Crippen LogP contribution is -2.43. The minimum atomic E-state index is -0.644. The number of amides is 1. The van der Waals surface area contributed by atoms with Crippen molar-refractivity contribution < 1.29 is 9.90 Å². The van der Waals surface area contributed by atoms with Crippen LogP contribution in [0.1, 0.15) is 58.6 Å². The van der Waals surface area contributed by atoms with Crippen LogP contribution in [0.5, 0.6) is 0 Å². The summed E-state index contributed by atoms with van der Waals surface area (Å²) in [6, 6.07) is 9.50. The number of nitrogens with one attached hydrogen (secondary N) is 1. The second-order valence-electron chi connectivity index (χ2n) is 8.09. The SMILES string of the molecule is CC(C)C1CCC(C)(C)CC1C(=O)NC[C@@H](O)c1ccccc1. The Kier molecular flexibility index (Phi) is 5.85. The molecule has 0 aliphatic heterocycles. The Morgan fingerprint density at radius 2 is 1.96 bits per heavy atom. The van der Waals surface area contributed by atoms with Gasteiger partial charge >= 0.3 is 0 Å². The number of carbonyl (C=O) groups is 1. The zero-order chi connectivity index (χ0) is 17.0. The van der Waals surface area contributed by atoms with Crippen molar-refractivity contribution in [2.75, 3.05) is 6.54 Å². The Labute approximate surface area is 140 Å². The summed E-state index contributed by atoms with van der Waals surface area (Å²) >= 11 is 0. The van der Waals surface area contributed by atoms with Crippen molar-refractivity contribution in [3.05, 3.63) is 35.9 Å². The molecule has 128 valence electrons. The molecule has 0 bridgehead atoms. The molecule has 1 aliphatic rings. The van der Waals surface area contributed by atoms with Crippen LogP contribution in [-0.2, 0) is 4.79 Å². The van der Waals surface area contributed by atoms with Gasteiger partial charge in [-0.15, -0.1) is 0 Å². The minimum Gasteiger partial charge on any atom is -0.387 e. The number of aliphatic hydroxyl groups excluding tert-OH is 1. The molecule has 1 aromatic rings. The number of benzene rings is 1. The standard InChI is InChI=1S/C20H31NO2/c1-14(2)16-10-11-20(3,4)12-17(16)19(23)21-13-18(22)15-8-6-5-7-9-15/h5-9,14,16-18,22H,10-13H2,1-4H3,(H,21,23)/t16?,17?,18-/m1/s1. The van der Waals surface area contributed by atoms with Crippen molar-refractivity contribution in [1.29, 1.82) is 0 Å². The Morgan fingerprint density at radius 3 is 2.57 bits per heavy atom. The molecule has 3 atom stereocenters. The van der Waals surface area contributed by atoms with Crippen LogP contribution >= 0.6 is 0 Å². The number of hydrogen-bond acceptors (Lipinski definition) is 2. The van der Waals surface area contributed by atoms with E-state index in [1.165, 1.54) is 6.42 Å². The van der Waals surface area contributed by atoms with Crippen LogP contribution in [0.4, 0.5) is 0 Å². The zero-order valence-corrected chi connectivity index (χ0v) is 14.9. The van der Waals surface area contributed by atoms with Gasteiger partial charge in [-0.2, -0.15) is 0 Å². The molecule has 0 radical (unpaired) electrons. The monoisotopic (exact) mass is 317 g/mol. The third kappa shape index (κ3) is 4.81. The zero-order valence-electron chi connectivity index (χ0n) is 14.9. The third-order valence-corrected chi connectivity index (χ3v) is 5.29.